The zero-order valence-corrected chi connectivity index (χ0v) is 21.8. The number of phenols is 1. The zero-order valence-electron chi connectivity index (χ0n) is 21.8. The van der Waals surface area contributed by atoms with Crippen LogP contribution in [0.15, 0.2) is 18.7 Å². The van der Waals surface area contributed by atoms with Crippen LogP contribution in [0.1, 0.15) is 64.9 Å². The highest BCUT2D eigenvalue weighted by Gasteiger charge is 2.63. The van der Waals surface area contributed by atoms with Crippen LogP contribution in [-0.2, 0) is 6.42 Å². The van der Waals surface area contributed by atoms with Gasteiger partial charge in [-0.2, -0.15) is 0 Å². The average Bonchev–Trinajstić information content (AvgIpc) is 3.45. The van der Waals surface area contributed by atoms with Crippen molar-refractivity contribution in [2.24, 2.45) is 0 Å². The molecule has 196 valence electrons. The Balaban J connectivity index is 1.44. The van der Waals surface area contributed by atoms with Crippen LogP contribution in [0, 0.1) is 13.8 Å². The Morgan fingerprint density at radius 1 is 1.14 bits per heavy atom. The Labute approximate surface area is 217 Å². The first-order chi connectivity index (χ1) is 17.9. The molecule has 2 aromatic carbocycles. The Hall–Kier alpha value is -2.94. The van der Waals surface area contributed by atoms with Crippen LogP contribution in [0.25, 0.3) is 0 Å². The van der Waals surface area contributed by atoms with Crippen molar-refractivity contribution in [2.75, 3.05) is 27.1 Å². The third-order valence-corrected chi connectivity index (χ3v) is 9.44. The molecule has 0 bridgehead atoms. The van der Waals surface area contributed by atoms with Gasteiger partial charge < -0.3 is 29.2 Å². The second-order valence-corrected chi connectivity index (χ2v) is 11.0. The second-order valence-electron chi connectivity index (χ2n) is 11.0. The van der Waals surface area contributed by atoms with Crippen molar-refractivity contribution in [1.29, 1.82) is 0 Å². The minimum atomic E-state index is -0.273. The molecule has 37 heavy (non-hydrogen) atoms. The number of hydrogen-bond donors (Lipinski definition) is 2. The number of aliphatic hydroxyl groups excluding tert-OH is 1. The summed E-state index contributed by atoms with van der Waals surface area (Å²) in [6, 6.07) is 2.81. The Morgan fingerprint density at radius 3 is 2.65 bits per heavy atom. The average molecular weight is 507 g/mol. The molecular formula is C29H34N2O6. The molecule has 0 saturated carbocycles. The highest BCUT2D eigenvalue weighted by atomic mass is 16.7. The van der Waals surface area contributed by atoms with Crippen molar-refractivity contribution < 1.29 is 29.2 Å². The van der Waals surface area contributed by atoms with Crippen molar-refractivity contribution in [1.82, 2.24) is 9.80 Å². The molecule has 1 unspecified atom stereocenters. The number of benzene rings is 2. The molecule has 8 nitrogen and oxygen atoms in total. The number of piperazine rings is 1. The van der Waals surface area contributed by atoms with Crippen molar-refractivity contribution in [2.45, 2.75) is 69.9 Å². The Morgan fingerprint density at radius 2 is 1.92 bits per heavy atom. The number of hydrogen-bond acceptors (Lipinski definition) is 8. The minimum absolute atomic E-state index is 0.00960. The number of aryl methyl sites for hydroxylation is 1. The molecule has 2 saturated heterocycles. The quantitative estimate of drug-likeness (QED) is 0.592. The molecule has 0 radical (unpaired) electrons. The molecular weight excluding hydrogens is 472 g/mol. The Bertz CT molecular complexity index is 1320. The van der Waals surface area contributed by atoms with Crippen molar-refractivity contribution >= 4 is 0 Å². The molecule has 0 amide bonds. The van der Waals surface area contributed by atoms with Crippen LogP contribution in [0.3, 0.4) is 0 Å². The molecule has 5 aliphatic heterocycles. The number of aliphatic hydroxyl groups is 1. The zero-order chi connectivity index (χ0) is 25.7. The summed E-state index contributed by atoms with van der Waals surface area (Å²) >= 11 is 0. The number of ether oxygens (including phenoxy) is 4. The SMILES string of the molecule is C=CCOc1c(C)c2c(c3c1CC1[C@H]4c5c(cc(C)c(OC)c5O)[C@H]5C[C@H]([C@H](C)N1[C@H]3CO)N54)OCO2. The summed E-state index contributed by atoms with van der Waals surface area (Å²) in [5.74, 6) is 3.02. The van der Waals surface area contributed by atoms with Crippen molar-refractivity contribution in [3.8, 4) is 28.7 Å². The number of rotatable bonds is 5. The smallest absolute Gasteiger partial charge is 0.231 e. The topological polar surface area (TPSA) is 83.9 Å². The van der Waals surface area contributed by atoms with E-state index in [2.05, 4.69) is 29.4 Å². The minimum Gasteiger partial charge on any atom is -0.504 e. The van der Waals surface area contributed by atoms with E-state index in [0.29, 0.717) is 36.6 Å². The van der Waals surface area contributed by atoms with Gasteiger partial charge in [0.05, 0.1) is 25.8 Å². The van der Waals surface area contributed by atoms with Gasteiger partial charge in [0, 0.05) is 46.4 Å². The van der Waals surface area contributed by atoms with Crippen molar-refractivity contribution in [3.63, 3.8) is 0 Å². The number of methoxy groups -OCH3 is 1. The third kappa shape index (κ3) is 2.78. The molecule has 8 heteroatoms. The second kappa shape index (κ2) is 8.03. The lowest BCUT2D eigenvalue weighted by Gasteiger charge is -2.63. The van der Waals surface area contributed by atoms with E-state index in [-0.39, 0.29) is 43.3 Å². The van der Waals surface area contributed by atoms with Crippen molar-refractivity contribution in [3.05, 3.63) is 52.1 Å². The molecule has 0 aromatic heterocycles. The fourth-order valence-corrected chi connectivity index (χ4v) is 8.08. The van der Waals surface area contributed by atoms with Gasteiger partial charge in [0.25, 0.3) is 0 Å². The number of aromatic hydroxyl groups is 1. The molecule has 5 aliphatic rings. The van der Waals surface area contributed by atoms with Gasteiger partial charge in [-0.3, -0.25) is 9.80 Å². The standard InChI is InChI=1S/C29H34N2O6/c1-6-7-35-27-14(3)28-29(37-12-36-28)22-17(27)9-20-24-23-16(8-13(2)26(34-5)25(23)33)19-10-18(31(19)24)15(4)30(20)21(22)11-32/h6,8,15,18-21,24,32-33H,1,7,9-12H2,2-5H3/t15-,18+,19+,20?,21-,24-/m0/s1. The van der Waals surface area contributed by atoms with Crippen LogP contribution in [0.2, 0.25) is 0 Å². The van der Waals surface area contributed by atoms with Gasteiger partial charge in [-0.25, -0.2) is 0 Å². The van der Waals surface area contributed by atoms with Crippen LogP contribution in [0.4, 0.5) is 0 Å². The molecule has 7 rings (SSSR count). The van der Waals surface area contributed by atoms with E-state index in [0.717, 1.165) is 45.7 Å². The predicted molar refractivity (Wildman–Crippen MR) is 137 cm³/mol. The number of phenolic OH excluding ortho intramolecular Hbond substituents is 1. The summed E-state index contributed by atoms with van der Waals surface area (Å²) in [5.41, 5.74) is 6.08. The molecule has 2 fully saturated rings. The van der Waals surface area contributed by atoms with Crippen LogP contribution < -0.4 is 18.9 Å². The Kier molecular flexibility index (Phi) is 5.03. The summed E-state index contributed by atoms with van der Waals surface area (Å²) < 4.78 is 23.8. The maximum Gasteiger partial charge on any atom is 0.231 e. The normalized spacial score (nSPS) is 30.6. The van der Waals surface area contributed by atoms with E-state index in [1.54, 1.807) is 13.2 Å². The van der Waals surface area contributed by atoms with E-state index >= 15 is 0 Å². The van der Waals surface area contributed by atoms with Crippen LogP contribution in [0.5, 0.6) is 28.7 Å². The lowest BCUT2D eigenvalue weighted by molar-refractivity contribution is -0.155. The van der Waals surface area contributed by atoms with Gasteiger partial charge in [-0.1, -0.05) is 18.7 Å². The van der Waals surface area contributed by atoms with E-state index in [4.69, 9.17) is 18.9 Å². The first-order valence-electron chi connectivity index (χ1n) is 13.2. The molecule has 2 aromatic rings. The maximum atomic E-state index is 11.5. The van der Waals surface area contributed by atoms with Gasteiger partial charge in [-0.05, 0) is 44.7 Å². The summed E-state index contributed by atoms with van der Waals surface area (Å²) in [4.78, 5) is 5.07. The highest BCUT2D eigenvalue weighted by Crippen LogP contribution is 2.65. The number of nitrogens with zero attached hydrogens (tertiary/aromatic N) is 2. The fraction of sp³-hybridized carbons (Fsp3) is 0.517. The lowest BCUT2D eigenvalue weighted by Crippen LogP contribution is -2.69. The van der Waals surface area contributed by atoms with Crippen LogP contribution >= 0.6 is 0 Å². The molecule has 5 heterocycles. The summed E-state index contributed by atoms with van der Waals surface area (Å²) in [6.07, 6.45) is 3.48. The van der Waals surface area contributed by atoms with E-state index in [1.165, 1.54) is 5.56 Å². The first-order valence-corrected chi connectivity index (χ1v) is 13.2. The van der Waals surface area contributed by atoms with Gasteiger partial charge in [0.1, 0.15) is 12.4 Å². The predicted octanol–water partition coefficient (Wildman–Crippen LogP) is 3.84. The molecule has 0 aliphatic carbocycles. The summed E-state index contributed by atoms with van der Waals surface area (Å²) in [5, 5.41) is 22.4. The monoisotopic (exact) mass is 506 g/mol. The third-order valence-electron chi connectivity index (χ3n) is 9.44. The van der Waals surface area contributed by atoms with E-state index < -0.39 is 0 Å². The molecule has 0 spiro atoms. The van der Waals surface area contributed by atoms with E-state index in [9.17, 15) is 10.2 Å². The molecule has 6 atom stereocenters. The van der Waals surface area contributed by atoms with Gasteiger partial charge in [-0.15, -0.1) is 0 Å². The largest absolute Gasteiger partial charge is 0.504 e. The fourth-order valence-electron chi connectivity index (χ4n) is 8.08. The van der Waals surface area contributed by atoms with Gasteiger partial charge in [0.15, 0.2) is 23.0 Å². The number of fused-ring (bicyclic) bond motifs is 8. The summed E-state index contributed by atoms with van der Waals surface area (Å²) in [7, 11) is 1.61. The first kappa shape index (κ1) is 23.2. The summed E-state index contributed by atoms with van der Waals surface area (Å²) in [6.45, 7) is 10.6. The molecule has 2 N–H and O–H groups in total. The van der Waals surface area contributed by atoms with E-state index in [1.807, 2.05) is 13.8 Å². The van der Waals surface area contributed by atoms with Crippen LogP contribution in [-0.4, -0.2) is 65.3 Å². The highest BCUT2D eigenvalue weighted by molar-refractivity contribution is 5.67. The van der Waals surface area contributed by atoms with Gasteiger partial charge in [0.2, 0.25) is 6.79 Å². The maximum absolute atomic E-state index is 11.5. The van der Waals surface area contributed by atoms with Gasteiger partial charge >= 0.3 is 0 Å². The lowest BCUT2D eigenvalue weighted by atomic mass is 9.75.